The van der Waals surface area contributed by atoms with Crippen LogP contribution in [0.3, 0.4) is 0 Å². The highest BCUT2D eigenvalue weighted by atomic mass is 35.5. The molecule has 3 N–H and O–H groups in total. The molecular formula is C15H15ClF2N2. The lowest BCUT2D eigenvalue weighted by molar-refractivity contribution is 0.500. The molecule has 1 unspecified atom stereocenters. The van der Waals surface area contributed by atoms with E-state index in [4.69, 9.17) is 17.4 Å². The van der Waals surface area contributed by atoms with Gasteiger partial charge in [0, 0.05) is 10.6 Å². The van der Waals surface area contributed by atoms with E-state index in [2.05, 4.69) is 5.43 Å². The summed E-state index contributed by atoms with van der Waals surface area (Å²) >= 11 is 6.17. The Hall–Kier alpha value is -1.49. The van der Waals surface area contributed by atoms with Gasteiger partial charge in [-0.25, -0.2) is 8.78 Å². The molecule has 20 heavy (non-hydrogen) atoms. The van der Waals surface area contributed by atoms with Gasteiger partial charge in [0.25, 0.3) is 0 Å². The third-order valence-corrected chi connectivity index (χ3v) is 3.53. The van der Waals surface area contributed by atoms with Crippen LogP contribution in [-0.4, -0.2) is 0 Å². The van der Waals surface area contributed by atoms with E-state index in [0.717, 1.165) is 5.56 Å². The van der Waals surface area contributed by atoms with Crippen LogP contribution in [0.15, 0.2) is 36.4 Å². The van der Waals surface area contributed by atoms with Gasteiger partial charge in [-0.15, -0.1) is 0 Å². The van der Waals surface area contributed by atoms with Gasteiger partial charge in [0.05, 0.1) is 6.04 Å². The van der Waals surface area contributed by atoms with E-state index in [0.29, 0.717) is 10.6 Å². The van der Waals surface area contributed by atoms with Crippen molar-refractivity contribution in [2.75, 3.05) is 0 Å². The zero-order valence-electron chi connectivity index (χ0n) is 11.0. The van der Waals surface area contributed by atoms with Gasteiger partial charge in [0.1, 0.15) is 11.6 Å². The Morgan fingerprint density at radius 1 is 1.20 bits per heavy atom. The number of aryl methyl sites for hydroxylation is 1. The van der Waals surface area contributed by atoms with Gasteiger partial charge >= 0.3 is 0 Å². The summed E-state index contributed by atoms with van der Waals surface area (Å²) in [6.07, 6.45) is 0.0811. The van der Waals surface area contributed by atoms with Crippen LogP contribution in [-0.2, 0) is 6.42 Å². The molecule has 106 valence electrons. The minimum Gasteiger partial charge on any atom is -0.271 e. The second kappa shape index (κ2) is 6.31. The summed E-state index contributed by atoms with van der Waals surface area (Å²) < 4.78 is 27.4. The maximum absolute atomic E-state index is 13.7. The Bertz CT molecular complexity index is 597. The zero-order valence-corrected chi connectivity index (χ0v) is 11.7. The molecule has 0 aliphatic carbocycles. The van der Waals surface area contributed by atoms with Crippen LogP contribution < -0.4 is 11.3 Å². The molecule has 0 saturated heterocycles. The molecule has 5 heteroatoms. The number of hydrogen-bond acceptors (Lipinski definition) is 2. The monoisotopic (exact) mass is 296 g/mol. The summed E-state index contributed by atoms with van der Waals surface area (Å²) in [6.45, 7) is 1.91. The Morgan fingerprint density at radius 2 is 1.85 bits per heavy atom. The van der Waals surface area contributed by atoms with Gasteiger partial charge in [0.15, 0.2) is 0 Å². The predicted octanol–water partition coefficient (Wildman–Crippen LogP) is 3.67. The molecule has 2 aromatic carbocycles. The van der Waals surface area contributed by atoms with Gasteiger partial charge in [-0.3, -0.25) is 11.3 Å². The highest BCUT2D eigenvalue weighted by Gasteiger charge is 2.18. The number of hydrazine groups is 1. The molecule has 0 saturated carbocycles. The van der Waals surface area contributed by atoms with Gasteiger partial charge in [-0.05, 0) is 42.7 Å². The average Bonchev–Trinajstić information content (AvgIpc) is 2.40. The second-order valence-electron chi connectivity index (χ2n) is 4.65. The van der Waals surface area contributed by atoms with Crippen molar-refractivity contribution in [3.63, 3.8) is 0 Å². The fourth-order valence-corrected chi connectivity index (χ4v) is 2.47. The van der Waals surface area contributed by atoms with E-state index in [1.165, 1.54) is 18.2 Å². The highest BCUT2D eigenvalue weighted by molar-refractivity contribution is 6.31. The van der Waals surface area contributed by atoms with Crippen molar-refractivity contribution in [3.05, 3.63) is 69.7 Å². The lowest BCUT2D eigenvalue weighted by Gasteiger charge is -2.19. The van der Waals surface area contributed by atoms with Crippen molar-refractivity contribution < 1.29 is 8.78 Å². The van der Waals surface area contributed by atoms with E-state index < -0.39 is 17.7 Å². The largest absolute Gasteiger partial charge is 0.271 e. The van der Waals surface area contributed by atoms with Crippen LogP contribution in [0.25, 0.3) is 0 Å². The molecule has 1 atom stereocenters. The fourth-order valence-electron chi connectivity index (χ4n) is 2.10. The van der Waals surface area contributed by atoms with Gasteiger partial charge in [-0.2, -0.15) is 0 Å². The molecule has 0 fully saturated rings. The van der Waals surface area contributed by atoms with Crippen LogP contribution in [0.5, 0.6) is 0 Å². The molecule has 2 rings (SSSR count). The van der Waals surface area contributed by atoms with Crippen molar-refractivity contribution in [2.45, 2.75) is 19.4 Å². The number of nitrogens with two attached hydrogens (primary N) is 1. The van der Waals surface area contributed by atoms with Crippen LogP contribution in [0.4, 0.5) is 8.78 Å². The fraction of sp³-hybridized carbons (Fsp3) is 0.200. The normalized spacial score (nSPS) is 12.4. The molecule has 0 aliphatic heterocycles. The predicted molar refractivity (Wildman–Crippen MR) is 76.3 cm³/mol. The molecule has 0 bridgehead atoms. The molecule has 2 nitrogen and oxygen atoms in total. The first-order valence-electron chi connectivity index (χ1n) is 6.18. The van der Waals surface area contributed by atoms with Crippen molar-refractivity contribution in [3.8, 4) is 0 Å². The minimum absolute atomic E-state index is 0.00732. The van der Waals surface area contributed by atoms with Gasteiger partial charge in [0.2, 0.25) is 0 Å². The van der Waals surface area contributed by atoms with Crippen LogP contribution in [0, 0.1) is 18.6 Å². The van der Waals surface area contributed by atoms with Gasteiger partial charge in [-0.1, -0.05) is 29.8 Å². The Balaban J connectivity index is 2.34. The third-order valence-electron chi connectivity index (χ3n) is 3.20. The molecule has 0 aromatic heterocycles. The lowest BCUT2D eigenvalue weighted by Crippen LogP contribution is -2.30. The molecular weight excluding hydrogens is 282 g/mol. The molecule has 0 heterocycles. The smallest absolute Gasteiger partial charge is 0.129 e. The standard InChI is InChI=1S/C15H15ClF2N2/c1-9-5-6-10(12(16)7-9)15(20-19)8-11-13(17)3-2-4-14(11)18/h2-7,15,20H,8,19H2,1H3. The molecule has 2 aromatic rings. The summed E-state index contributed by atoms with van der Waals surface area (Å²) in [6, 6.07) is 8.79. The zero-order chi connectivity index (χ0) is 14.7. The minimum atomic E-state index is -0.589. The number of hydrogen-bond donors (Lipinski definition) is 2. The topological polar surface area (TPSA) is 38.0 Å². The van der Waals surface area contributed by atoms with Crippen molar-refractivity contribution >= 4 is 11.6 Å². The van der Waals surface area contributed by atoms with Crippen LogP contribution in [0.1, 0.15) is 22.7 Å². The van der Waals surface area contributed by atoms with E-state index in [1.807, 2.05) is 13.0 Å². The maximum Gasteiger partial charge on any atom is 0.129 e. The molecule has 0 spiro atoms. The first-order valence-corrected chi connectivity index (χ1v) is 6.55. The Labute approximate surface area is 121 Å². The number of nitrogens with one attached hydrogen (secondary N) is 1. The SMILES string of the molecule is Cc1ccc(C(Cc2c(F)cccc2F)NN)c(Cl)c1. The maximum atomic E-state index is 13.7. The average molecular weight is 297 g/mol. The Kier molecular flexibility index (Phi) is 4.70. The summed E-state index contributed by atoms with van der Waals surface area (Å²) in [5.41, 5.74) is 4.27. The first-order chi connectivity index (χ1) is 9.52. The van der Waals surface area contributed by atoms with Crippen molar-refractivity contribution in [1.82, 2.24) is 5.43 Å². The third kappa shape index (κ3) is 3.15. The Morgan fingerprint density at radius 3 is 2.40 bits per heavy atom. The van der Waals surface area contributed by atoms with Crippen LogP contribution in [0.2, 0.25) is 5.02 Å². The number of halogens is 3. The quantitative estimate of drug-likeness (QED) is 0.667. The summed E-state index contributed by atoms with van der Waals surface area (Å²) in [5.74, 6) is 4.33. The van der Waals surface area contributed by atoms with E-state index in [-0.39, 0.29) is 12.0 Å². The summed E-state index contributed by atoms with van der Waals surface area (Å²) in [5, 5.41) is 0.518. The van der Waals surface area contributed by atoms with Crippen LogP contribution >= 0.6 is 11.6 Å². The van der Waals surface area contributed by atoms with E-state index in [9.17, 15) is 8.78 Å². The van der Waals surface area contributed by atoms with Crippen molar-refractivity contribution in [2.24, 2.45) is 5.84 Å². The first kappa shape index (κ1) is 14.9. The number of rotatable bonds is 4. The number of benzene rings is 2. The van der Waals surface area contributed by atoms with E-state index >= 15 is 0 Å². The summed E-state index contributed by atoms with van der Waals surface area (Å²) in [4.78, 5) is 0. The molecule has 0 amide bonds. The highest BCUT2D eigenvalue weighted by Crippen LogP contribution is 2.27. The second-order valence-corrected chi connectivity index (χ2v) is 5.06. The molecule has 0 radical (unpaired) electrons. The molecule has 0 aliphatic rings. The lowest BCUT2D eigenvalue weighted by atomic mass is 9.98. The van der Waals surface area contributed by atoms with Gasteiger partial charge < -0.3 is 0 Å². The van der Waals surface area contributed by atoms with Crippen molar-refractivity contribution in [1.29, 1.82) is 0 Å². The van der Waals surface area contributed by atoms with E-state index in [1.54, 1.807) is 12.1 Å². The summed E-state index contributed by atoms with van der Waals surface area (Å²) in [7, 11) is 0.